The minimum atomic E-state index is -0.271. The second-order valence-electron chi connectivity index (χ2n) is 4.48. The Labute approximate surface area is 115 Å². The number of amides is 2. The van der Waals surface area contributed by atoms with Crippen LogP contribution in [-0.4, -0.2) is 52.3 Å². The molecule has 0 saturated heterocycles. The van der Waals surface area contributed by atoms with Gasteiger partial charge in [-0.15, -0.1) is 0 Å². The van der Waals surface area contributed by atoms with E-state index in [2.05, 4.69) is 10.3 Å². The minimum absolute atomic E-state index is 0.0776. The zero-order chi connectivity index (χ0) is 14.5. The Morgan fingerprint density at radius 3 is 2.95 bits per heavy atom. The summed E-state index contributed by atoms with van der Waals surface area (Å²) in [6.45, 7) is 0.933. The lowest BCUT2D eigenvalue weighted by molar-refractivity contribution is 0.190. The van der Waals surface area contributed by atoms with Crippen molar-refractivity contribution in [3.63, 3.8) is 0 Å². The summed E-state index contributed by atoms with van der Waals surface area (Å²) in [4.78, 5) is 27.6. The number of aliphatic hydroxyl groups is 1. The Balaban J connectivity index is 1.98. The molecule has 1 aromatic heterocycles. The van der Waals surface area contributed by atoms with Crippen molar-refractivity contribution in [3.8, 4) is 0 Å². The molecule has 7 nitrogen and oxygen atoms in total. The normalized spacial score (nSPS) is 10.7. The lowest BCUT2D eigenvalue weighted by Crippen LogP contribution is -2.40. The van der Waals surface area contributed by atoms with Gasteiger partial charge in [-0.25, -0.2) is 9.59 Å². The molecule has 3 N–H and O–H groups in total. The molecule has 108 valence electrons. The van der Waals surface area contributed by atoms with Crippen LogP contribution in [0.2, 0.25) is 0 Å². The third kappa shape index (κ3) is 3.00. The molecule has 0 aliphatic heterocycles. The number of aromatic amines is 1. The Hall–Kier alpha value is -2.28. The van der Waals surface area contributed by atoms with Crippen LogP contribution in [0.15, 0.2) is 29.1 Å². The van der Waals surface area contributed by atoms with Gasteiger partial charge >= 0.3 is 11.7 Å². The van der Waals surface area contributed by atoms with Crippen LogP contribution >= 0.6 is 0 Å². The number of para-hydroxylation sites is 2. The summed E-state index contributed by atoms with van der Waals surface area (Å²) in [7, 11) is 1.60. The summed E-state index contributed by atoms with van der Waals surface area (Å²) in [5, 5.41) is 11.4. The van der Waals surface area contributed by atoms with Gasteiger partial charge in [-0.3, -0.25) is 4.57 Å². The van der Waals surface area contributed by atoms with Gasteiger partial charge in [-0.05, 0) is 12.1 Å². The van der Waals surface area contributed by atoms with E-state index in [0.717, 1.165) is 11.0 Å². The third-order valence-corrected chi connectivity index (χ3v) is 3.08. The standard InChI is InChI=1S/C13H18N4O3/c1-16(8-9-18)12(19)14-6-7-17-11-5-3-2-4-10(11)15-13(17)20/h2-5,18H,6-9H2,1H3,(H,14,19)(H,15,20). The number of nitrogens with one attached hydrogen (secondary N) is 2. The van der Waals surface area contributed by atoms with Gasteiger partial charge in [0.2, 0.25) is 0 Å². The lowest BCUT2D eigenvalue weighted by Gasteiger charge is -2.16. The molecule has 0 saturated carbocycles. The molecule has 0 aliphatic rings. The van der Waals surface area contributed by atoms with Gasteiger partial charge < -0.3 is 20.3 Å². The molecule has 0 aliphatic carbocycles. The number of likely N-dealkylation sites (N-methyl/N-ethyl adjacent to an activating group) is 1. The fourth-order valence-electron chi connectivity index (χ4n) is 1.99. The maximum absolute atomic E-state index is 11.8. The Kier molecular flexibility index (Phi) is 4.41. The summed E-state index contributed by atoms with van der Waals surface area (Å²) in [5.74, 6) is 0. The van der Waals surface area contributed by atoms with Crippen LogP contribution in [0.25, 0.3) is 11.0 Å². The van der Waals surface area contributed by atoms with Gasteiger partial charge in [0.1, 0.15) is 0 Å². The molecule has 0 atom stereocenters. The molecule has 7 heteroatoms. The first-order valence-corrected chi connectivity index (χ1v) is 6.41. The maximum atomic E-state index is 11.8. The monoisotopic (exact) mass is 278 g/mol. The van der Waals surface area contributed by atoms with Gasteiger partial charge in [0.05, 0.1) is 17.6 Å². The number of H-pyrrole nitrogens is 1. The van der Waals surface area contributed by atoms with Crippen molar-refractivity contribution < 1.29 is 9.90 Å². The van der Waals surface area contributed by atoms with Gasteiger partial charge in [0, 0.05) is 26.7 Å². The zero-order valence-corrected chi connectivity index (χ0v) is 11.3. The van der Waals surface area contributed by atoms with Crippen LogP contribution in [-0.2, 0) is 6.54 Å². The number of nitrogens with zero attached hydrogens (tertiary/aromatic N) is 2. The fourth-order valence-corrected chi connectivity index (χ4v) is 1.99. The van der Waals surface area contributed by atoms with Crippen molar-refractivity contribution in [2.75, 3.05) is 26.7 Å². The summed E-state index contributed by atoms with van der Waals surface area (Å²) in [6, 6.07) is 7.13. The van der Waals surface area contributed by atoms with Crippen molar-refractivity contribution in [1.29, 1.82) is 0 Å². The number of hydrogen-bond acceptors (Lipinski definition) is 3. The molecular weight excluding hydrogens is 260 g/mol. The Morgan fingerprint density at radius 1 is 1.45 bits per heavy atom. The number of fused-ring (bicyclic) bond motifs is 1. The molecule has 0 radical (unpaired) electrons. The topological polar surface area (TPSA) is 90.4 Å². The highest BCUT2D eigenvalue weighted by Gasteiger charge is 2.08. The number of imidazole rings is 1. The van der Waals surface area contributed by atoms with E-state index in [4.69, 9.17) is 5.11 Å². The molecule has 1 aromatic carbocycles. The molecule has 1 heterocycles. The van der Waals surface area contributed by atoms with E-state index in [1.54, 1.807) is 11.6 Å². The van der Waals surface area contributed by atoms with E-state index in [9.17, 15) is 9.59 Å². The zero-order valence-electron chi connectivity index (χ0n) is 11.3. The third-order valence-electron chi connectivity index (χ3n) is 3.08. The van der Waals surface area contributed by atoms with Crippen LogP contribution in [0.3, 0.4) is 0 Å². The van der Waals surface area contributed by atoms with Crippen LogP contribution in [0.5, 0.6) is 0 Å². The van der Waals surface area contributed by atoms with E-state index in [0.29, 0.717) is 13.1 Å². The van der Waals surface area contributed by atoms with Gasteiger partial charge in [-0.1, -0.05) is 12.1 Å². The summed E-state index contributed by atoms with van der Waals surface area (Å²) >= 11 is 0. The number of benzene rings is 1. The quantitative estimate of drug-likeness (QED) is 0.717. The summed E-state index contributed by atoms with van der Waals surface area (Å²) < 4.78 is 1.58. The van der Waals surface area contributed by atoms with Crippen LogP contribution in [0.1, 0.15) is 0 Å². The molecule has 2 rings (SSSR count). The molecule has 0 spiro atoms. The van der Waals surface area contributed by atoms with E-state index in [-0.39, 0.29) is 24.9 Å². The Bertz CT molecular complexity index is 646. The lowest BCUT2D eigenvalue weighted by atomic mass is 10.3. The van der Waals surface area contributed by atoms with E-state index >= 15 is 0 Å². The van der Waals surface area contributed by atoms with Crippen LogP contribution in [0.4, 0.5) is 4.79 Å². The minimum Gasteiger partial charge on any atom is -0.395 e. The first-order chi connectivity index (χ1) is 9.63. The number of aromatic nitrogens is 2. The smallest absolute Gasteiger partial charge is 0.326 e. The van der Waals surface area contributed by atoms with Gasteiger partial charge in [0.15, 0.2) is 0 Å². The molecular formula is C13H18N4O3. The highest BCUT2D eigenvalue weighted by atomic mass is 16.3. The predicted octanol–water partition coefficient (Wildman–Crippen LogP) is -0.0367. The van der Waals surface area contributed by atoms with Crippen molar-refractivity contribution in [1.82, 2.24) is 19.8 Å². The largest absolute Gasteiger partial charge is 0.395 e. The number of carbonyl (C=O) groups is 1. The summed E-state index contributed by atoms with van der Waals surface area (Å²) in [5.41, 5.74) is 1.40. The molecule has 20 heavy (non-hydrogen) atoms. The molecule has 2 amide bonds. The SMILES string of the molecule is CN(CCO)C(=O)NCCn1c(=O)[nH]c2ccccc21. The second kappa shape index (κ2) is 6.25. The molecule has 2 aromatic rings. The molecule has 0 bridgehead atoms. The average molecular weight is 278 g/mol. The van der Waals surface area contributed by atoms with E-state index in [1.807, 2.05) is 24.3 Å². The highest BCUT2D eigenvalue weighted by molar-refractivity contribution is 5.75. The number of rotatable bonds is 5. The predicted molar refractivity (Wildman–Crippen MR) is 75.7 cm³/mol. The highest BCUT2D eigenvalue weighted by Crippen LogP contribution is 2.08. The summed E-state index contributed by atoms with van der Waals surface area (Å²) in [6.07, 6.45) is 0. The number of urea groups is 1. The van der Waals surface area contributed by atoms with E-state index in [1.165, 1.54) is 4.90 Å². The first-order valence-electron chi connectivity index (χ1n) is 6.41. The average Bonchev–Trinajstić information content (AvgIpc) is 2.75. The van der Waals surface area contributed by atoms with Crippen molar-refractivity contribution in [2.45, 2.75) is 6.54 Å². The molecule has 0 fully saturated rings. The Morgan fingerprint density at radius 2 is 2.20 bits per heavy atom. The number of hydrogen-bond donors (Lipinski definition) is 3. The van der Waals surface area contributed by atoms with Crippen LogP contribution in [0, 0.1) is 0 Å². The second-order valence-corrected chi connectivity index (χ2v) is 4.48. The first kappa shape index (κ1) is 14.1. The van der Waals surface area contributed by atoms with E-state index < -0.39 is 0 Å². The molecule has 0 unspecified atom stereocenters. The van der Waals surface area contributed by atoms with Gasteiger partial charge in [-0.2, -0.15) is 0 Å². The van der Waals surface area contributed by atoms with Crippen molar-refractivity contribution in [3.05, 3.63) is 34.7 Å². The fraction of sp³-hybridized carbons (Fsp3) is 0.385. The maximum Gasteiger partial charge on any atom is 0.326 e. The van der Waals surface area contributed by atoms with Gasteiger partial charge in [0.25, 0.3) is 0 Å². The number of aliphatic hydroxyl groups excluding tert-OH is 1. The van der Waals surface area contributed by atoms with Crippen molar-refractivity contribution >= 4 is 17.1 Å². The van der Waals surface area contributed by atoms with Crippen LogP contribution < -0.4 is 11.0 Å². The number of carbonyl (C=O) groups excluding carboxylic acids is 1. The van der Waals surface area contributed by atoms with Crippen molar-refractivity contribution in [2.24, 2.45) is 0 Å².